The zero-order valence-electron chi connectivity index (χ0n) is 17.1. The fourth-order valence-electron chi connectivity index (χ4n) is 4.41. The number of fused-ring (bicyclic) bond motifs is 1. The smallest absolute Gasteiger partial charge is 0.306 e. The monoisotopic (exact) mass is 425 g/mol. The highest BCUT2D eigenvalue weighted by molar-refractivity contribution is 7.10. The molecule has 2 heterocycles. The van der Waals surface area contributed by atoms with Crippen LogP contribution in [0, 0.1) is 0 Å². The first-order valence-corrected chi connectivity index (χ1v) is 11.6. The lowest BCUT2D eigenvalue weighted by Gasteiger charge is -2.23. The molecule has 0 saturated carbocycles. The number of ether oxygens (including phenoxy) is 1. The Morgan fingerprint density at radius 2 is 1.87 bits per heavy atom. The fourth-order valence-corrected chi connectivity index (χ4v) is 5.28. The molecule has 6 heteroatoms. The maximum Gasteiger partial charge on any atom is 0.306 e. The van der Waals surface area contributed by atoms with E-state index in [0.29, 0.717) is 12.1 Å². The normalized spacial score (nSPS) is 18.1. The second kappa shape index (κ2) is 9.56. The minimum absolute atomic E-state index is 0.00243. The van der Waals surface area contributed by atoms with E-state index < -0.39 is 5.97 Å². The van der Waals surface area contributed by atoms with Crippen LogP contribution >= 0.6 is 11.3 Å². The third-order valence-electron chi connectivity index (χ3n) is 6.03. The van der Waals surface area contributed by atoms with Crippen molar-refractivity contribution < 1.29 is 19.1 Å². The SMILES string of the molecule is O=C(CCC(=O)c1ccc2c(c1)CCCC2)OCC(=O)N1CCCC1c1cccs1. The molecule has 1 aliphatic heterocycles. The van der Waals surface area contributed by atoms with Crippen LogP contribution in [0.2, 0.25) is 0 Å². The van der Waals surface area contributed by atoms with E-state index in [1.807, 2.05) is 35.7 Å². The number of aryl methyl sites for hydroxylation is 2. The van der Waals surface area contributed by atoms with Crippen LogP contribution < -0.4 is 0 Å². The summed E-state index contributed by atoms with van der Waals surface area (Å²) in [6.07, 6.45) is 6.46. The van der Waals surface area contributed by atoms with Crippen molar-refractivity contribution in [3.8, 4) is 0 Å². The number of amides is 1. The van der Waals surface area contributed by atoms with Gasteiger partial charge in [-0.3, -0.25) is 14.4 Å². The molecule has 4 rings (SSSR count). The van der Waals surface area contributed by atoms with Crippen LogP contribution in [0.4, 0.5) is 0 Å². The van der Waals surface area contributed by atoms with Gasteiger partial charge in [-0.15, -0.1) is 11.3 Å². The van der Waals surface area contributed by atoms with Crippen LogP contribution in [0.5, 0.6) is 0 Å². The molecule has 1 unspecified atom stereocenters. The molecule has 0 spiro atoms. The highest BCUT2D eigenvalue weighted by Crippen LogP contribution is 2.34. The number of Topliss-reactive ketones (excluding diaryl/α,β-unsaturated/α-hetero) is 1. The summed E-state index contributed by atoms with van der Waals surface area (Å²) in [6, 6.07) is 9.99. The van der Waals surface area contributed by atoms with Crippen LogP contribution in [0.1, 0.15) is 70.9 Å². The van der Waals surface area contributed by atoms with Crippen molar-refractivity contribution in [1.82, 2.24) is 4.90 Å². The van der Waals surface area contributed by atoms with Crippen molar-refractivity contribution in [2.24, 2.45) is 0 Å². The molecule has 5 nitrogen and oxygen atoms in total. The van der Waals surface area contributed by atoms with Crippen LogP contribution in [-0.2, 0) is 27.2 Å². The number of likely N-dealkylation sites (tertiary alicyclic amines) is 1. The van der Waals surface area contributed by atoms with Gasteiger partial charge in [0.05, 0.1) is 12.5 Å². The molecule has 1 amide bonds. The van der Waals surface area contributed by atoms with E-state index in [4.69, 9.17) is 4.74 Å². The van der Waals surface area contributed by atoms with Gasteiger partial charge in [0.1, 0.15) is 0 Å². The summed E-state index contributed by atoms with van der Waals surface area (Å²) in [4.78, 5) is 40.1. The van der Waals surface area contributed by atoms with Crippen molar-refractivity contribution >= 4 is 29.0 Å². The molecule has 1 saturated heterocycles. The topological polar surface area (TPSA) is 63.7 Å². The maximum absolute atomic E-state index is 12.5. The van der Waals surface area contributed by atoms with E-state index in [1.54, 1.807) is 16.2 Å². The molecule has 2 aromatic rings. The average molecular weight is 426 g/mol. The molecule has 1 aromatic carbocycles. The van der Waals surface area contributed by atoms with Gasteiger partial charge >= 0.3 is 5.97 Å². The van der Waals surface area contributed by atoms with E-state index in [9.17, 15) is 14.4 Å². The minimum Gasteiger partial charge on any atom is -0.456 e. The van der Waals surface area contributed by atoms with Gasteiger partial charge in [0.15, 0.2) is 12.4 Å². The summed E-state index contributed by atoms with van der Waals surface area (Å²) in [5, 5.41) is 2.01. The number of carbonyl (C=O) groups is 3. The largest absolute Gasteiger partial charge is 0.456 e. The van der Waals surface area contributed by atoms with E-state index in [1.165, 1.54) is 22.4 Å². The Morgan fingerprint density at radius 3 is 2.67 bits per heavy atom. The van der Waals surface area contributed by atoms with Crippen molar-refractivity contribution in [3.63, 3.8) is 0 Å². The van der Waals surface area contributed by atoms with Crippen LogP contribution in [-0.4, -0.2) is 35.7 Å². The Labute approximate surface area is 181 Å². The first-order valence-electron chi connectivity index (χ1n) is 10.8. The third kappa shape index (κ3) is 4.81. The Hall–Kier alpha value is -2.47. The molecule has 1 atom stereocenters. The van der Waals surface area contributed by atoms with Crippen LogP contribution in [0.15, 0.2) is 35.7 Å². The molecule has 1 aromatic heterocycles. The number of rotatable bonds is 7. The number of nitrogens with zero attached hydrogens (tertiary/aromatic N) is 1. The lowest BCUT2D eigenvalue weighted by Crippen LogP contribution is -2.34. The Morgan fingerprint density at radius 1 is 1.03 bits per heavy atom. The van der Waals surface area contributed by atoms with Gasteiger partial charge in [-0.05, 0) is 67.2 Å². The predicted octanol–water partition coefficient (Wildman–Crippen LogP) is 4.50. The van der Waals surface area contributed by atoms with Crippen LogP contribution in [0.3, 0.4) is 0 Å². The molecule has 2 aliphatic rings. The molecular weight excluding hydrogens is 398 g/mol. The number of thiophene rings is 1. The molecule has 0 radical (unpaired) electrons. The van der Waals surface area contributed by atoms with Crippen molar-refractivity contribution in [1.29, 1.82) is 0 Å². The summed E-state index contributed by atoms with van der Waals surface area (Å²) in [5.74, 6) is -0.717. The molecule has 1 fully saturated rings. The molecule has 158 valence electrons. The van der Waals surface area contributed by atoms with Crippen LogP contribution in [0.25, 0.3) is 0 Å². The predicted molar refractivity (Wildman–Crippen MR) is 116 cm³/mol. The summed E-state index contributed by atoms with van der Waals surface area (Å²) in [5.41, 5.74) is 3.25. The summed E-state index contributed by atoms with van der Waals surface area (Å²) in [7, 11) is 0. The fraction of sp³-hybridized carbons (Fsp3) is 0.458. The zero-order valence-corrected chi connectivity index (χ0v) is 17.9. The number of ketones is 1. The van der Waals surface area contributed by atoms with Crippen molar-refractivity contribution in [2.45, 2.75) is 57.4 Å². The van der Waals surface area contributed by atoms with Gasteiger partial charge in [-0.1, -0.05) is 18.2 Å². The maximum atomic E-state index is 12.5. The molecule has 0 bridgehead atoms. The van der Waals surface area contributed by atoms with E-state index in [-0.39, 0.29) is 37.2 Å². The standard InChI is InChI=1S/C24H27NO4S/c26-21(19-10-9-17-5-1-2-6-18(17)15-19)11-12-24(28)29-16-23(27)25-13-3-7-20(25)22-8-4-14-30-22/h4,8-10,14-15,20H,1-3,5-7,11-13,16H2. The number of hydrogen-bond acceptors (Lipinski definition) is 5. The Balaban J connectivity index is 1.24. The van der Waals surface area contributed by atoms with Gasteiger partial charge in [0.25, 0.3) is 5.91 Å². The van der Waals surface area contributed by atoms with Gasteiger partial charge in [0.2, 0.25) is 0 Å². The highest BCUT2D eigenvalue weighted by atomic mass is 32.1. The van der Waals surface area contributed by atoms with Gasteiger partial charge < -0.3 is 9.64 Å². The lowest BCUT2D eigenvalue weighted by atomic mass is 9.89. The van der Waals surface area contributed by atoms with Gasteiger partial charge in [0, 0.05) is 23.4 Å². The first kappa shape index (κ1) is 20.8. The Bertz CT molecular complexity index is 921. The number of benzene rings is 1. The van der Waals surface area contributed by atoms with E-state index >= 15 is 0 Å². The third-order valence-corrected chi connectivity index (χ3v) is 7.00. The quantitative estimate of drug-likeness (QED) is 0.484. The minimum atomic E-state index is -0.499. The Kier molecular flexibility index (Phi) is 6.62. The summed E-state index contributed by atoms with van der Waals surface area (Å²) < 4.78 is 5.18. The summed E-state index contributed by atoms with van der Waals surface area (Å²) >= 11 is 1.64. The van der Waals surface area contributed by atoms with Crippen molar-refractivity contribution in [2.75, 3.05) is 13.2 Å². The van der Waals surface area contributed by atoms with E-state index in [2.05, 4.69) is 0 Å². The zero-order chi connectivity index (χ0) is 20.9. The van der Waals surface area contributed by atoms with Gasteiger partial charge in [-0.2, -0.15) is 0 Å². The van der Waals surface area contributed by atoms with Gasteiger partial charge in [-0.25, -0.2) is 0 Å². The number of hydrogen-bond donors (Lipinski definition) is 0. The average Bonchev–Trinajstić information content (AvgIpc) is 3.47. The highest BCUT2D eigenvalue weighted by Gasteiger charge is 2.31. The van der Waals surface area contributed by atoms with E-state index in [0.717, 1.165) is 32.1 Å². The molecule has 1 aliphatic carbocycles. The molecule has 0 N–H and O–H groups in total. The molecular formula is C24H27NO4S. The molecule has 30 heavy (non-hydrogen) atoms. The second-order valence-corrected chi connectivity index (χ2v) is 9.01. The summed E-state index contributed by atoms with van der Waals surface area (Å²) in [6.45, 7) is 0.434. The number of esters is 1. The lowest BCUT2D eigenvalue weighted by molar-refractivity contribution is -0.152. The first-order chi connectivity index (χ1) is 14.6. The second-order valence-electron chi connectivity index (χ2n) is 8.04. The number of carbonyl (C=O) groups excluding carboxylic acids is 3. The van der Waals surface area contributed by atoms with Crippen molar-refractivity contribution in [3.05, 3.63) is 57.3 Å².